The Morgan fingerprint density at radius 1 is 1.18 bits per heavy atom. The number of para-hydroxylation sites is 1. The van der Waals surface area contributed by atoms with Crippen molar-refractivity contribution in [1.29, 1.82) is 0 Å². The summed E-state index contributed by atoms with van der Waals surface area (Å²) in [6, 6.07) is 11.1. The van der Waals surface area contributed by atoms with Crippen LogP contribution in [0.1, 0.15) is 24.4 Å². The van der Waals surface area contributed by atoms with Crippen molar-refractivity contribution in [3.63, 3.8) is 0 Å². The maximum atomic E-state index is 13.3. The lowest BCUT2D eigenvalue weighted by atomic mass is 10.2. The van der Waals surface area contributed by atoms with Crippen molar-refractivity contribution in [2.75, 3.05) is 11.1 Å². The van der Waals surface area contributed by atoms with Crippen LogP contribution in [-0.2, 0) is 0 Å². The molecule has 142 valence electrons. The van der Waals surface area contributed by atoms with Crippen molar-refractivity contribution >= 4 is 39.7 Å². The van der Waals surface area contributed by atoms with Gasteiger partial charge in [0.1, 0.15) is 23.5 Å². The van der Waals surface area contributed by atoms with Gasteiger partial charge in [-0.2, -0.15) is 5.10 Å². The van der Waals surface area contributed by atoms with E-state index in [1.165, 1.54) is 6.33 Å². The number of nitrogens with one attached hydrogen (secondary N) is 1. The Bertz CT molecular complexity index is 1220. The molecule has 9 heteroatoms. The van der Waals surface area contributed by atoms with Gasteiger partial charge in [-0.3, -0.25) is 9.36 Å². The maximum Gasteiger partial charge on any atom is 0.282 e. The van der Waals surface area contributed by atoms with Crippen molar-refractivity contribution in [3.8, 4) is 5.69 Å². The zero-order valence-electron chi connectivity index (χ0n) is 15.3. The fourth-order valence-electron chi connectivity index (χ4n) is 3.09. The highest BCUT2D eigenvalue weighted by Gasteiger charge is 2.20. The van der Waals surface area contributed by atoms with Gasteiger partial charge in [-0.05, 0) is 60.2 Å². The molecule has 0 spiro atoms. The van der Waals surface area contributed by atoms with Gasteiger partial charge in [0.25, 0.3) is 5.56 Å². The number of nitrogens with two attached hydrogens (primary N) is 1. The van der Waals surface area contributed by atoms with Crippen molar-refractivity contribution < 1.29 is 0 Å². The van der Waals surface area contributed by atoms with Gasteiger partial charge in [0.05, 0.1) is 15.3 Å². The van der Waals surface area contributed by atoms with Crippen LogP contribution in [0.4, 0.5) is 11.6 Å². The smallest absolute Gasteiger partial charge is 0.282 e. The summed E-state index contributed by atoms with van der Waals surface area (Å²) in [7, 11) is 0. The third-order valence-electron chi connectivity index (χ3n) is 4.48. The van der Waals surface area contributed by atoms with Crippen molar-refractivity contribution in [1.82, 2.24) is 24.1 Å². The molecule has 8 nitrogen and oxygen atoms in total. The van der Waals surface area contributed by atoms with Crippen LogP contribution in [0, 0.1) is 10.5 Å². The van der Waals surface area contributed by atoms with Crippen LogP contribution in [0.15, 0.2) is 53.7 Å². The van der Waals surface area contributed by atoms with E-state index in [1.807, 2.05) is 50.2 Å². The normalized spacial score (nSPS) is 12.2. The van der Waals surface area contributed by atoms with Crippen LogP contribution in [0.25, 0.3) is 11.2 Å². The average molecular weight is 487 g/mol. The molecule has 0 saturated heterocycles. The summed E-state index contributed by atoms with van der Waals surface area (Å²) in [5, 5.41) is 8.02. The second-order valence-corrected chi connectivity index (χ2v) is 7.49. The van der Waals surface area contributed by atoms with E-state index in [9.17, 15) is 4.79 Å². The molecule has 3 aromatic heterocycles. The Labute approximate surface area is 174 Å². The molecule has 0 saturated carbocycles. The summed E-state index contributed by atoms with van der Waals surface area (Å²) < 4.78 is 3.99. The highest BCUT2D eigenvalue weighted by atomic mass is 127. The van der Waals surface area contributed by atoms with Crippen LogP contribution in [-0.4, -0.2) is 24.1 Å². The fourth-order valence-corrected chi connectivity index (χ4v) is 3.53. The summed E-state index contributed by atoms with van der Waals surface area (Å²) in [4.78, 5) is 21.6. The first-order valence-electron chi connectivity index (χ1n) is 8.66. The molecule has 0 aliphatic carbocycles. The Balaban J connectivity index is 1.90. The van der Waals surface area contributed by atoms with Crippen LogP contribution >= 0.6 is 22.6 Å². The quantitative estimate of drug-likeness (QED) is 0.430. The van der Waals surface area contributed by atoms with E-state index in [4.69, 9.17) is 10.8 Å². The lowest BCUT2D eigenvalue weighted by Gasteiger charge is -2.20. The van der Waals surface area contributed by atoms with Gasteiger partial charge >= 0.3 is 0 Å². The summed E-state index contributed by atoms with van der Waals surface area (Å²) in [5.41, 5.74) is 7.95. The first-order chi connectivity index (χ1) is 13.5. The van der Waals surface area contributed by atoms with E-state index in [1.54, 1.807) is 15.3 Å². The largest absolute Gasteiger partial charge is 0.383 e. The molecule has 0 fully saturated rings. The second kappa shape index (κ2) is 7.23. The Morgan fingerprint density at radius 2 is 1.93 bits per heavy atom. The minimum atomic E-state index is -0.317. The first kappa shape index (κ1) is 18.4. The molecule has 3 N–H and O–H groups in total. The van der Waals surface area contributed by atoms with Crippen LogP contribution in [0.5, 0.6) is 0 Å². The van der Waals surface area contributed by atoms with E-state index in [0.717, 1.165) is 14.8 Å². The number of halogens is 1. The average Bonchev–Trinajstić information content (AvgIpc) is 3.07. The van der Waals surface area contributed by atoms with Crippen molar-refractivity contribution in [2.45, 2.75) is 19.9 Å². The summed E-state index contributed by atoms with van der Waals surface area (Å²) in [6.07, 6.45) is 3.20. The monoisotopic (exact) mass is 487 g/mol. The zero-order valence-corrected chi connectivity index (χ0v) is 17.5. The fraction of sp³-hybridized carbons (Fsp3) is 0.158. The minimum absolute atomic E-state index is 0.121. The summed E-state index contributed by atoms with van der Waals surface area (Å²) in [5.74, 6) is 1.56. The number of hydrogen-bond donors (Lipinski definition) is 2. The molecular formula is C19H18IN7O. The summed E-state index contributed by atoms with van der Waals surface area (Å²) >= 11 is 2.10. The molecule has 4 aromatic rings. The lowest BCUT2D eigenvalue weighted by Crippen LogP contribution is -2.29. The molecule has 0 amide bonds. The Kier molecular flexibility index (Phi) is 4.75. The standard InChI is InChI=1S/C19H18IN7O/c1-11-8-9-26-15(11)19(28)27(13-6-4-3-5-7-13)18(25-26)12(2)24-17-14(20)16(21)22-10-23-17/h3-10,12H,1-2H3,(H3,21,22,23,24). The topological polar surface area (TPSA) is 103 Å². The Morgan fingerprint density at radius 3 is 2.68 bits per heavy atom. The molecule has 1 atom stereocenters. The Hall–Kier alpha value is -2.95. The number of nitrogen functional groups attached to an aromatic ring is 1. The third kappa shape index (κ3) is 3.11. The van der Waals surface area contributed by atoms with Gasteiger partial charge in [-0.1, -0.05) is 18.2 Å². The molecule has 1 aromatic carbocycles. The van der Waals surface area contributed by atoms with E-state index < -0.39 is 0 Å². The highest BCUT2D eigenvalue weighted by Crippen LogP contribution is 2.24. The SMILES string of the molecule is Cc1ccn2nc(C(C)Nc3ncnc(N)c3I)n(-c3ccccc3)c(=O)c12. The minimum Gasteiger partial charge on any atom is -0.383 e. The number of fused-ring (bicyclic) bond motifs is 1. The van der Waals surface area contributed by atoms with Crippen molar-refractivity contribution in [3.05, 3.63) is 74.2 Å². The van der Waals surface area contributed by atoms with Crippen LogP contribution < -0.4 is 16.6 Å². The number of anilines is 2. The highest BCUT2D eigenvalue weighted by molar-refractivity contribution is 14.1. The lowest BCUT2D eigenvalue weighted by molar-refractivity contribution is 0.672. The first-order valence-corrected chi connectivity index (χ1v) is 9.74. The molecular weight excluding hydrogens is 469 g/mol. The zero-order chi connectivity index (χ0) is 19.8. The molecule has 3 heterocycles. The molecule has 4 rings (SSSR count). The molecule has 0 radical (unpaired) electrons. The van der Waals surface area contributed by atoms with E-state index >= 15 is 0 Å². The number of nitrogens with zero attached hydrogens (tertiary/aromatic N) is 5. The predicted octanol–water partition coefficient (Wildman–Crippen LogP) is 2.94. The van der Waals surface area contributed by atoms with Crippen LogP contribution in [0.2, 0.25) is 0 Å². The van der Waals surface area contributed by atoms with E-state index in [0.29, 0.717) is 23.0 Å². The van der Waals surface area contributed by atoms with Crippen LogP contribution in [0.3, 0.4) is 0 Å². The van der Waals surface area contributed by atoms with Crippen molar-refractivity contribution in [2.24, 2.45) is 0 Å². The molecule has 0 aliphatic heterocycles. The van der Waals surface area contributed by atoms with Gasteiger partial charge in [0.15, 0.2) is 5.82 Å². The van der Waals surface area contributed by atoms with E-state index in [-0.39, 0.29) is 11.6 Å². The van der Waals surface area contributed by atoms with Gasteiger partial charge in [0.2, 0.25) is 0 Å². The number of aryl methyl sites for hydroxylation is 1. The second-order valence-electron chi connectivity index (χ2n) is 6.41. The van der Waals surface area contributed by atoms with Gasteiger partial charge in [0, 0.05) is 6.20 Å². The van der Waals surface area contributed by atoms with Gasteiger partial charge < -0.3 is 11.1 Å². The van der Waals surface area contributed by atoms with Gasteiger partial charge in [-0.15, -0.1) is 0 Å². The van der Waals surface area contributed by atoms with Gasteiger partial charge in [-0.25, -0.2) is 14.5 Å². The maximum absolute atomic E-state index is 13.3. The summed E-state index contributed by atoms with van der Waals surface area (Å²) in [6.45, 7) is 3.83. The number of hydrogen-bond acceptors (Lipinski definition) is 6. The molecule has 0 bridgehead atoms. The van der Waals surface area contributed by atoms with E-state index in [2.05, 4.69) is 37.9 Å². The molecule has 1 unspecified atom stereocenters. The molecule has 28 heavy (non-hydrogen) atoms. The number of aromatic nitrogens is 5. The molecule has 0 aliphatic rings. The predicted molar refractivity (Wildman–Crippen MR) is 117 cm³/mol. The number of rotatable bonds is 4. The third-order valence-corrected chi connectivity index (χ3v) is 5.55. The number of benzene rings is 1.